The molecular formula is C21H14F6N6O. The molecule has 0 fully saturated rings. The Bertz CT molecular complexity index is 1360. The van der Waals surface area contributed by atoms with Crippen LogP contribution in [0.15, 0.2) is 55.0 Å². The fraction of sp³-hybridized carbons (Fsp3) is 0.143. The number of hydrogen-bond acceptors (Lipinski definition) is 4. The topological polar surface area (TPSA) is 77.6 Å². The molecule has 0 aliphatic heterocycles. The Morgan fingerprint density at radius 1 is 1.12 bits per heavy atom. The van der Waals surface area contributed by atoms with Gasteiger partial charge in [0.2, 0.25) is 0 Å². The predicted octanol–water partition coefficient (Wildman–Crippen LogP) is 5.02. The number of aromatic nitrogens is 5. The standard InChI is InChI=1S/C21H14F6N6O/c1-32-10-13(17(31-32)18(23)24)20(34)29-15-5-3-2-4-12(15)11-8-14(22)19(28-9-11)33-7-6-16(30-33)21(25,26)27/h2-10,18H,1H3,(H,29,34). The summed E-state index contributed by atoms with van der Waals surface area (Å²) < 4.78 is 81.2. The Kier molecular flexibility index (Phi) is 5.85. The number of halogens is 6. The highest BCUT2D eigenvalue weighted by atomic mass is 19.4. The first-order valence-corrected chi connectivity index (χ1v) is 9.56. The number of rotatable bonds is 5. The van der Waals surface area contributed by atoms with Gasteiger partial charge in [-0.25, -0.2) is 22.8 Å². The summed E-state index contributed by atoms with van der Waals surface area (Å²) in [4.78, 5) is 16.5. The molecule has 1 N–H and O–H groups in total. The first-order valence-electron chi connectivity index (χ1n) is 9.56. The largest absolute Gasteiger partial charge is 0.435 e. The molecule has 3 heterocycles. The van der Waals surface area contributed by atoms with Crippen LogP contribution in [0.25, 0.3) is 16.9 Å². The van der Waals surface area contributed by atoms with E-state index in [4.69, 9.17) is 0 Å². The number of hydrogen-bond donors (Lipinski definition) is 1. The lowest BCUT2D eigenvalue weighted by Gasteiger charge is -2.12. The molecule has 4 rings (SSSR count). The second-order valence-electron chi connectivity index (χ2n) is 7.07. The van der Waals surface area contributed by atoms with Crippen LogP contribution in [0.4, 0.5) is 32.0 Å². The van der Waals surface area contributed by atoms with Gasteiger partial charge in [0, 0.05) is 42.5 Å². The summed E-state index contributed by atoms with van der Waals surface area (Å²) in [6.45, 7) is 0. The number of para-hydroxylation sites is 1. The quantitative estimate of drug-likeness (QED) is 0.407. The van der Waals surface area contributed by atoms with Crippen LogP contribution in [-0.4, -0.2) is 30.5 Å². The highest BCUT2D eigenvalue weighted by Gasteiger charge is 2.34. The maximum absolute atomic E-state index is 14.7. The van der Waals surface area contributed by atoms with Crippen molar-refractivity contribution in [3.8, 4) is 16.9 Å². The van der Waals surface area contributed by atoms with E-state index in [-0.39, 0.29) is 16.8 Å². The molecule has 0 saturated heterocycles. The summed E-state index contributed by atoms with van der Waals surface area (Å²) >= 11 is 0. The monoisotopic (exact) mass is 480 g/mol. The van der Waals surface area contributed by atoms with Crippen LogP contribution in [0.1, 0.15) is 28.2 Å². The molecule has 4 aromatic rings. The first kappa shape index (κ1) is 23.0. The summed E-state index contributed by atoms with van der Waals surface area (Å²) in [7, 11) is 1.39. The average molecular weight is 480 g/mol. The van der Waals surface area contributed by atoms with E-state index < -0.39 is 41.5 Å². The van der Waals surface area contributed by atoms with Crippen LogP contribution >= 0.6 is 0 Å². The molecule has 0 saturated carbocycles. The van der Waals surface area contributed by atoms with Gasteiger partial charge in [-0.2, -0.15) is 23.4 Å². The van der Waals surface area contributed by atoms with Crippen molar-refractivity contribution in [1.82, 2.24) is 24.5 Å². The van der Waals surface area contributed by atoms with Crippen molar-refractivity contribution in [3.63, 3.8) is 0 Å². The van der Waals surface area contributed by atoms with Crippen LogP contribution in [0.3, 0.4) is 0 Å². The van der Waals surface area contributed by atoms with Crippen molar-refractivity contribution in [2.75, 3.05) is 5.32 Å². The van der Waals surface area contributed by atoms with Gasteiger partial charge >= 0.3 is 6.18 Å². The van der Waals surface area contributed by atoms with Gasteiger partial charge in [-0.15, -0.1) is 0 Å². The van der Waals surface area contributed by atoms with E-state index in [0.29, 0.717) is 16.3 Å². The molecule has 0 aliphatic carbocycles. The van der Waals surface area contributed by atoms with Crippen LogP contribution in [0.5, 0.6) is 0 Å². The molecule has 0 bridgehead atoms. The smallest absolute Gasteiger partial charge is 0.321 e. The number of aryl methyl sites for hydroxylation is 1. The zero-order valence-electron chi connectivity index (χ0n) is 17.2. The van der Waals surface area contributed by atoms with Crippen molar-refractivity contribution in [3.05, 3.63) is 77.8 Å². The Labute approximate surface area is 187 Å². The lowest BCUT2D eigenvalue weighted by atomic mass is 10.0. The fourth-order valence-corrected chi connectivity index (χ4v) is 3.21. The maximum Gasteiger partial charge on any atom is 0.435 e. The van der Waals surface area contributed by atoms with Crippen LogP contribution in [0.2, 0.25) is 0 Å². The highest BCUT2D eigenvalue weighted by molar-refractivity contribution is 6.06. The number of alkyl halides is 5. The summed E-state index contributed by atoms with van der Waals surface area (Å²) in [5.41, 5.74) is -1.57. The van der Waals surface area contributed by atoms with E-state index in [1.165, 1.54) is 25.4 Å². The van der Waals surface area contributed by atoms with Crippen LogP contribution < -0.4 is 5.32 Å². The molecule has 0 spiro atoms. The Morgan fingerprint density at radius 3 is 2.50 bits per heavy atom. The molecular weight excluding hydrogens is 466 g/mol. The molecule has 0 aliphatic rings. The molecule has 1 amide bonds. The minimum absolute atomic E-state index is 0.170. The van der Waals surface area contributed by atoms with Gasteiger partial charge in [0.25, 0.3) is 12.3 Å². The van der Waals surface area contributed by atoms with Crippen molar-refractivity contribution < 1.29 is 31.1 Å². The molecule has 13 heteroatoms. The Morgan fingerprint density at radius 2 is 1.85 bits per heavy atom. The normalized spacial score (nSPS) is 11.8. The number of carbonyl (C=O) groups is 1. The molecule has 3 aromatic heterocycles. The number of nitrogens with one attached hydrogen (secondary N) is 1. The number of anilines is 1. The Hall–Kier alpha value is -4.16. The SMILES string of the molecule is Cn1cc(C(=O)Nc2ccccc2-c2cnc(-n3ccc(C(F)(F)F)n3)c(F)c2)c(C(F)F)n1. The molecule has 34 heavy (non-hydrogen) atoms. The van der Waals surface area contributed by atoms with Gasteiger partial charge in [-0.05, 0) is 18.2 Å². The van der Waals surface area contributed by atoms with Crippen molar-refractivity contribution in [2.45, 2.75) is 12.6 Å². The minimum atomic E-state index is -4.70. The van der Waals surface area contributed by atoms with Crippen LogP contribution in [0, 0.1) is 5.82 Å². The zero-order valence-corrected chi connectivity index (χ0v) is 17.2. The van der Waals surface area contributed by atoms with E-state index >= 15 is 0 Å². The third-order valence-electron chi connectivity index (χ3n) is 4.71. The summed E-state index contributed by atoms with van der Waals surface area (Å²) in [6, 6.07) is 7.85. The minimum Gasteiger partial charge on any atom is -0.321 e. The molecule has 176 valence electrons. The number of nitrogens with zero attached hydrogens (tertiary/aromatic N) is 5. The van der Waals surface area contributed by atoms with E-state index in [2.05, 4.69) is 20.5 Å². The van der Waals surface area contributed by atoms with Crippen LogP contribution in [-0.2, 0) is 13.2 Å². The predicted molar refractivity (Wildman–Crippen MR) is 108 cm³/mol. The van der Waals surface area contributed by atoms with Crippen molar-refractivity contribution >= 4 is 11.6 Å². The van der Waals surface area contributed by atoms with Gasteiger partial charge in [0.1, 0.15) is 5.69 Å². The maximum atomic E-state index is 14.7. The van der Waals surface area contributed by atoms with E-state index in [1.54, 1.807) is 12.1 Å². The van der Waals surface area contributed by atoms with Crippen molar-refractivity contribution in [1.29, 1.82) is 0 Å². The van der Waals surface area contributed by atoms with Gasteiger partial charge < -0.3 is 5.32 Å². The summed E-state index contributed by atoms with van der Waals surface area (Å²) in [5, 5.41) is 9.38. The Balaban J connectivity index is 1.65. The number of carbonyl (C=O) groups excluding carboxylic acids is 1. The molecule has 0 radical (unpaired) electrons. The summed E-state index contributed by atoms with van der Waals surface area (Å²) in [6.07, 6.45) is -4.40. The van der Waals surface area contributed by atoms with E-state index in [9.17, 15) is 31.1 Å². The third-order valence-corrected chi connectivity index (χ3v) is 4.71. The molecule has 1 aromatic carbocycles. The van der Waals surface area contributed by atoms with E-state index in [0.717, 1.165) is 23.1 Å². The first-order chi connectivity index (χ1) is 16.0. The third kappa shape index (κ3) is 4.49. The van der Waals surface area contributed by atoms with Gasteiger partial charge in [0.05, 0.1) is 5.56 Å². The second-order valence-corrected chi connectivity index (χ2v) is 7.07. The van der Waals surface area contributed by atoms with Gasteiger partial charge in [-0.3, -0.25) is 9.48 Å². The molecule has 7 nitrogen and oxygen atoms in total. The number of amides is 1. The van der Waals surface area contributed by atoms with Gasteiger partial charge in [-0.1, -0.05) is 18.2 Å². The molecule has 0 unspecified atom stereocenters. The van der Waals surface area contributed by atoms with Gasteiger partial charge in [0.15, 0.2) is 17.3 Å². The highest BCUT2D eigenvalue weighted by Crippen LogP contribution is 2.31. The number of pyridine rings is 1. The summed E-state index contributed by atoms with van der Waals surface area (Å²) in [5.74, 6) is -2.28. The van der Waals surface area contributed by atoms with Crippen molar-refractivity contribution in [2.24, 2.45) is 7.05 Å². The fourth-order valence-electron chi connectivity index (χ4n) is 3.21. The lowest BCUT2D eigenvalue weighted by molar-refractivity contribution is -0.141. The molecule has 0 atom stereocenters. The second kappa shape index (κ2) is 8.65. The average Bonchev–Trinajstić information content (AvgIpc) is 3.41. The number of benzene rings is 1. The van der Waals surface area contributed by atoms with E-state index in [1.807, 2.05) is 0 Å². The zero-order chi connectivity index (χ0) is 24.6. The lowest BCUT2D eigenvalue weighted by Crippen LogP contribution is -2.14.